The number of nitrogens with one attached hydrogen (secondary N) is 2. The van der Waals surface area contributed by atoms with E-state index in [0.717, 1.165) is 12.8 Å². The summed E-state index contributed by atoms with van der Waals surface area (Å²) in [5.74, 6) is -3.53. The van der Waals surface area contributed by atoms with Crippen LogP contribution in [0.3, 0.4) is 0 Å². The van der Waals surface area contributed by atoms with Gasteiger partial charge in [0.1, 0.15) is 0 Å². The summed E-state index contributed by atoms with van der Waals surface area (Å²) in [6, 6.07) is 0.504. The Morgan fingerprint density at radius 3 is 2.45 bits per heavy atom. The van der Waals surface area contributed by atoms with Crippen molar-refractivity contribution in [2.45, 2.75) is 25.8 Å². The zero-order valence-electron chi connectivity index (χ0n) is 10.7. The molecule has 1 saturated carbocycles. The monoisotopic (exact) mass is 284 g/mol. The van der Waals surface area contributed by atoms with Crippen molar-refractivity contribution < 1.29 is 23.5 Å². The number of amides is 2. The first-order chi connectivity index (χ1) is 9.38. The van der Waals surface area contributed by atoms with Crippen LogP contribution in [0.25, 0.3) is 0 Å². The van der Waals surface area contributed by atoms with Gasteiger partial charge in [-0.2, -0.15) is 0 Å². The summed E-state index contributed by atoms with van der Waals surface area (Å²) in [5.41, 5.74) is -0.782. The first-order valence-corrected chi connectivity index (χ1v) is 6.18. The van der Waals surface area contributed by atoms with Gasteiger partial charge in [-0.25, -0.2) is 18.4 Å². The minimum absolute atomic E-state index is 0.0476. The molecule has 3 N–H and O–H groups in total. The fourth-order valence-corrected chi connectivity index (χ4v) is 1.91. The van der Waals surface area contributed by atoms with Crippen LogP contribution in [-0.2, 0) is 0 Å². The Labute approximate surface area is 114 Å². The van der Waals surface area contributed by atoms with E-state index in [2.05, 4.69) is 10.6 Å². The summed E-state index contributed by atoms with van der Waals surface area (Å²) in [7, 11) is 0. The van der Waals surface area contributed by atoms with Crippen molar-refractivity contribution >= 4 is 17.7 Å². The number of rotatable bonds is 4. The van der Waals surface area contributed by atoms with Gasteiger partial charge in [0.05, 0.1) is 11.3 Å². The molecule has 0 radical (unpaired) electrons. The lowest BCUT2D eigenvalue weighted by Gasteiger charge is -2.15. The van der Waals surface area contributed by atoms with Crippen LogP contribution in [0, 0.1) is 17.6 Å². The van der Waals surface area contributed by atoms with E-state index in [9.17, 15) is 18.4 Å². The molecule has 0 bridgehead atoms. The summed E-state index contributed by atoms with van der Waals surface area (Å²) < 4.78 is 26.1. The molecule has 5 nitrogen and oxygen atoms in total. The van der Waals surface area contributed by atoms with Gasteiger partial charge < -0.3 is 15.7 Å². The van der Waals surface area contributed by atoms with E-state index in [4.69, 9.17) is 5.11 Å². The maximum atomic E-state index is 13.1. The first-order valence-electron chi connectivity index (χ1n) is 6.18. The number of benzene rings is 1. The van der Waals surface area contributed by atoms with E-state index in [0.29, 0.717) is 18.1 Å². The van der Waals surface area contributed by atoms with E-state index in [1.807, 2.05) is 6.92 Å². The van der Waals surface area contributed by atoms with Crippen LogP contribution in [0.15, 0.2) is 12.1 Å². The van der Waals surface area contributed by atoms with Crippen LogP contribution in [0.2, 0.25) is 0 Å². The number of carboxylic acids is 1. The Bertz CT molecular complexity index is 559. The predicted octanol–water partition coefficient (Wildman–Crippen LogP) is 2.58. The maximum Gasteiger partial charge on any atom is 0.337 e. The molecule has 108 valence electrons. The van der Waals surface area contributed by atoms with Gasteiger partial charge in [0.15, 0.2) is 11.6 Å². The topological polar surface area (TPSA) is 78.4 Å². The zero-order valence-corrected chi connectivity index (χ0v) is 10.7. The van der Waals surface area contributed by atoms with Crippen molar-refractivity contribution in [1.82, 2.24) is 5.32 Å². The lowest BCUT2D eigenvalue weighted by atomic mass is 10.1. The summed E-state index contributed by atoms with van der Waals surface area (Å²) in [6.07, 6.45) is 2.07. The van der Waals surface area contributed by atoms with Crippen LogP contribution < -0.4 is 10.6 Å². The summed E-state index contributed by atoms with van der Waals surface area (Å²) in [5, 5.41) is 13.8. The van der Waals surface area contributed by atoms with Crippen LogP contribution >= 0.6 is 0 Å². The first kappa shape index (κ1) is 14.2. The Morgan fingerprint density at radius 1 is 1.30 bits per heavy atom. The molecule has 1 aromatic carbocycles. The van der Waals surface area contributed by atoms with Gasteiger partial charge in [0, 0.05) is 12.1 Å². The Balaban J connectivity index is 2.12. The smallest absolute Gasteiger partial charge is 0.337 e. The molecule has 0 saturated heterocycles. The van der Waals surface area contributed by atoms with Gasteiger partial charge in [-0.3, -0.25) is 0 Å². The number of aromatic carboxylic acids is 1. The molecule has 0 heterocycles. The lowest BCUT2D eigenvalue weighted by Crippen LogP contribution is -2.37. The molecule has 7 heteroatoms. The maximum absolute atomic E-state index is 13.1. The molecule has 0 spiro atoms. The van der Waals surface area contributed by atoms with Crippen LogP contribution in [0.4, 0.5) is 19.3 Å². The second-order valence-corrected chi connectivity index (χ2v) is 4.84. The molecule has 0 aromatic heterocycles. The van der Waals surface area contributed by atoms with Crippen LogP contribution in [0.1, 0.15) is 30.1 Å². The third-order valence-electron chi connectivity index (χ3n) is 3.23. The van der Waals surface area contributed by atoms with Gasteiger partial charge in [-0.15, -0.1) is 0 Å². The van der Waals surface area contributed by atoms with Crippen molar-refractivity contribution in [3.63, 3.8) is 0 Å². The van der Waals surface area contributed by atoms with Gasteiger partial charge in [0.2, 0.25) is 0 Å². The minimum Gasteiger partial charge on any atom is -0.478 e. The quantitative estimate of drug-likeness (QED) is 0.795. The van der Waals surface area contributed by atoms with E-state index < -0.39 is 29.2 Å². The zero-order chi connectivity index (χ0) is 14.9. The highest BCUT2D eigenvalue weighted by Crippen LogP contribution is 2.32. The highest BCUT2D eigenvalue weighted by molar-refractivity contribution is 6.00. The average Bonchev–Trinajstić information content (AvgIpc) is 3.16. The molecule has 1 aromatic rings. The van der Waals surface area contributed by atoms with E-state index in [1.165, 1.54) is 0 Å². The predicted molar refractivity (Wildman–Crippen MR) is 67.7 cm³/mol. The second-order valence-electron chi connectivity index (χ2n) is 4.84. The highest BCUT2D eigenvalue weighted by Gasteiger charge is 2.29. The fraction of sp³-hybridized carbons (Fsp3) is 0.385. The molecule has 1 aliphatic carbocycles. The van der Waals surface area contributed by atoms with Crippen molar-refractivity contribution in [1.29, 1.82) is 0 Å². The van der Waals surface area contributed by atoms with Gasteiger partial charge in [-0.1, -0.05) is 0 Å². The van der Waals surface area contributed by atoms with Crippen LogP contribution in [-0.4, -0.2) is 23.1 Å². The van der Waals surface area contributed by atoms with Gasteiger partial charge >= 0.3 is 12.0 Å². The largest absolute Gasteiger partial charge is 0.478 e. The molecule has 20 heavy (non-hydrogen) atoms. The molecule has 1 aliphatic rings. The molecule has 2 amide bonds. The molecule has 1 unspecified atom stereocenters. The van der Waals surface area contributed by atoms with E-state index >= 15 is 0 Å². The SMILES string of the molecule is CC(NC(=O)Nc1cc(F)c(F)cc1C(=O)O)C1CC1. The van der Waals surface area contributed by atoms with E-state index in [-0.39, 0.29) is 11.7 Å². The van der Waals surface area contributed by atoms with Crippen molar-refractivity contribution in [3.8, 4) is 0 Å². The number of hydrogen-bond donors (Lipinski definition) is 3. The summed E-state index contributed by atoms with van der Waals surface area (Å²) in [6.45, 7) is 1.83. The highest BCUT2D eigenvalue weighted by atomic mass is 19.2. The third kappa shape index (κ3) is 3.23. The molecule has 0 aliphatic heterocycles. The Morgan fingerprint density at radius 2 is 1.90 bits per heavy atom. The van der Waals surface area contributed by atoms with Gasteiger partial charge in [-0.05, 0) is 31.7 Å². The molecule has 2 rings (SSSR count). The fourth-order valence-electron chi connectivity index (χ4n) is 1.91. The number of anilines is 1. The average molecular weight is 284 g/mol. The number of carbonyl (C=O) groups is 2. The second kappa shape index (κ2) is 5.44. The summed E-state index contributed by atoms with van der Waals surface area (Å²) in [4.78, 5) is 22.6. The van der Waals surface area contributed by atoms with Gasteiger partial charge in [0.25, 0.3) is 0 Å². The standard InChI is InChI=1S/C13H14F2N2O3/c1-6(7-2-3-7)16-13(20)17-11-5-10(15)9(14)4-8(11)12(18)19/h4-7H,2-3H2,1H3,(H,18,19)(H2,16,17,20). The third-order valence-corrected chi connectivity index (χ3v) is 3.23. The Hall–Kier alpha value is -2.18. The number of carbonyl (C=O) groups excluding carboxylic acids is 1. The molecular weight excluding hydrogens is 270 g/mol. The number of halogens is 2. The lowest BCUT2D eigenvalue weighted by molar-refractivity contribution is 0.0697. The molecule has 1 atom stereocenters. The number of carboxylic acid groups (broad SMARTS) is 1. The number of urea groups is 1. The van der Waals surface area contributed by atoms with Crippen LogP contribution in [0.5, 0.6) is 0 Å². The normalized spacial score (nSPS) is 15.6. The van der Waals surface area contributed by atoms with E-state index in [1.54, 1.807) is 0 Å². The molecule has 1 fully saturated rings. The minimum atomic E-state index is -1.45. The van der Waals surface area contributed by atoms with Crippen molar-refractivity contribution in [3.05, 3.63) is 29.3 Å². The van der Waals surface area contributed by atoms with Crippen molar-refractivity contribution in [2.75, 3.05) is 5.32 Å². The summed E-state index contributed by atoms with van der Waals surface area (Å²) >= 11 is 0. The van der Waals surface area contributed by atoms with Crippen molar-refractivity contribution in [2.24, 2.45) is 5.92 Å². The number of hydrogen-bond acceptors (Lipinski definition) is 2. The molecular formula is C13H14F2N2O3. The Kier molecular flexibility index (Phi) is 3.87.